The third kappa shape index (κ3) is 6.31. The van der Waals surface area contributed by atoms with Crippen LogP contribution in [0.4, 0.5) is 5.69 Å². The molecule has 0 fully saturated rings. The highest BCUT2D eigenvalue weighted by Crippen LogP contribution is 2.36. The van der Waals surface area contributed by atoms with Crippen LogP contribution in [-0.4, -0.2) is 42.9 Å². The first-order chi connectivity index (χ1) is 21.3. The molecule has 0 aliphatic carbocycles. The molecule has 226 valence electrons. The van der Waals surface area contributed by atoms with Gasteiger partial charge in [0, 0.05) is 13.2 Å². The number of para-hydroxylation sites is 1. The molecule has 11 nitrogen and oxygen atoms in total. The van der Waals surface area contributed by atoms with Crippen molar-refractivity contribution in [2.75, 3.05) is 27.4 Å². The number of carbonyl (C=O) groups excluding carboxylic acids is 1. The van der Waals surface area contributed by atoms with E-state index >= 15 is 0 Å². The van der Waals surface area contributed by atoms with Gasteiger partial charge in [0.2, 0.25) is 0 Å². The zero-order valence-electron chi connectivity index (χ0n) is 24.2. The quantitative estimate of drug-likeness (QED) is 0.107. The number of hydrogen-bond acceptors (Lipinski definition) is 10. The topological polar surface area (TPSA) is 131 Å². The number of ether oxygens (including phenoxy) is 4. The monoisotopic (exact) mass is 615 g/mol. The van der Waals surface area contributed by atoms with Crippen molar-refractivity contribution in [3.63, 3.8) is 0 Å². The molecule has 4 aromatic rings. The molecule has 1 aromatic heterocycles. The second-order valence-corrected chi connectivity index (χ2v) is 10.7. The van der Waals surface area contributed by atoms with Crippen LogP contribution in [0.2, 0.25) is 0 Å². The van der Waals surface area contributed by atoms with Gasteiger partial charge < -0.3 is 18.9 Å². The molecule has 0 bridgehead atoms. The lowest BCUT2D eigenvalue weighted by molar-refractivity contribution is -0.385. The fourth-order valence-corrected chi connectivity index (χ4v) is 5.86. The second-order valence-electron chi connectivity index (χ2n) is 9.71. The molecule has 3 aromatic carbocycles. The number of nitro benzene ring substituents is 1. The highest BCUT2D eigenvalue weighted by Gasteiger charge is 2.34. The summed E-state index contributed by atoms with van der Waals surface area (Å²) in [6.45, 7) is 2.19. The predicted octanol–water partition coefficient (Wildman–Crippen LogP) is 3.92. The number of nitrogens with zero attached hydrogens (tertiary/aromatic N) is 3. The smallest absolute Gasteiger partial charge is 0.338 e. The second kappa shape index (κ2) is 13.5. The van der Waals surface area contributed by atoms with E-state index in [0.29, 0.717) is 34.2 Å². The molecule has 0 radical (unpaired) electrons. The Labute approximate surface area is 256 Å². The Morgan fingerprint density at radius 1 is 1.05 bits per heavy atom. The van der Waals surface area contributed by atoms with E-state index in [4.69, 9.17) is 18.9 Å². The summed E-state index contributed by atoms with van der Waals surface area (Å²) >= 11 is 1.08. The Kier molecular flexibility index (Phi) is 9.32. The molecular formula is C32H29N3O8S. The van der Waals surface area contributed by atoms with Gasteiger partial charge in [0.25, 0.3) is 11.2 Å². The summed E-state index contributed by atoms with van der Waals surface area (Å²) in [5.74, 6) is 0.237. The Morgan fingerprint density at radius 3 is 2.52 bits per heavy atom. The maximum absolute atomic E-state index is 14.0. The summed E-state index contributed by atoms with van der Waals surface area (Å²) in [6, 6.07) is 20.1. The molecule has 1 atom stereocenters. The minimum Gasteiger partial charge on any atom is -0.493 e. The van der Waals surface area contributed by atoms with Crippen LogP contribution in [0, 0.1) is 10.1 Å². The van der Waals surface area contributed by atoms with Gasteiger partial charge in [-0.1, -0.05) is 59.9 Å². The predicted molar refractivity (Wildman–Crippen MR) is 163 cm³/mol. The van der Waals surface area contributed by atoms with Crippen molar-refractivity contribution in [1.82, 2.24) is 4.57 Å². The highest BCUT2D eigenvalue weighted by molar-refractivity contribution is 7.07. The average molecular weight is 616 g/mol. The van der Waals surface area contributed by atoms with Crippen LogP contribution >= 0.6 is 11.3 Å². The van der Waals surface area contributed by atoms with Gasteiger partial charge in [-0.3, -0.25) is 19.5 Å². The maximum atomic E-state index is 14.0. The van der Waals surface area contributed by atoms with Gasteiger partial charge >= 0.3 is 5.97 Å². The largest absolute Gasteiger partial charge is 0.493 e. The Hall–Kier alpha value is -5.07. The number of aromatic nitrogens is 1. The van der Waals surface area contributed by atoms with E-state index in [1.54, 1.807) is 43.3 Å². The molecule has 1 aliphatic heterocycles. The number of hydrogen-bond donors (Lipinski definition) is 0. The van der Waals surface area contributed by atoms with Gasteiger partial charge in [-0.25, -0.2) is 9.79 Å². The Balaban J connectivity index is 1.63. The molecule has 0 N–H and O–H groups in total. The van der Waals surface area contributed by atoms with Gasteiger partial charge in [0.1, 0.15) is 13.2 Å². The summed E-state index contributed by atoms with van der Waals surface area (Å²) in [5, 5.41) is 11.6. The van der Waals surface area contributed by atoms with E-state index in [0.717, 1.165) is 16.9 Å². The number of nitro groups is 1. The van der Waals surface area contributed by atoms with Gasteiger partial charge in [-0.05, 0) is 42.3 Å². The molecule has 2 heterocycles. The standard InChI is InChI=1S/C32H29N3O8S/c1-20-28(31(37)42-16-15-40-2)29(23-13-14-25(26(17-23)41-3)43-19-21-9-5-4-6-10-21)34-30(36)27(44-32(34)33-20)18-22-11-7-8-12-24(22)35(38)39/h4-14,17-18,29H,15-16,19H2,1-3H3. The fraction of sp³-hybridized carbons (Fsp3) is 0.219. The third-order valence-electron chi connectivity index (χ3n) is 6.92. The molecule has 12 heteroatoms. The van der Waals surface area contributed by atoms with E-state index in [1.165, 1.54) is 30.9 Å². The Morgan fingerprint density at radius 2 is 1.80 bits per heavy atom. The van der Waals surface area contributed by atoms with Crippen LogP contribution in [0.1, 0.15) is 29.7 Å². The van der Waals surface area contributed by atoms with E-state index in [1.807, 2.05) is 30.3 Å². The van der Waals surface area contributed by atoms with Gasteiger partial charge in [-0.2, -0.15) is 0 Å². The summed E-state index contributed by atoms with van der Waals surface area (Å²) < 4.78 is 23.8. The van der Waals surface area contributed by atoms with E-state index in [9.17, 15) is 19.7 Å². The molecule has 1 unspecified atom stereocenters. The SMILES string of the molecule is COCCOC(=O)C1=C(C)N=c2sc(=Cc3ccccc3[N+](=O)[O-])c(=O)n2C1c1ccc(OCc2ccccc2)c(OC)c1. The Bertz CT molecular complexity index is 1910. The van der Waals surface area contributed by atoms with Crippen LogP contribution in [0.5, 0.6) is 11.5 Å². The summed E-state index contributed by atoms with van der Waals surface area (Å²) in [6.07, 6.45) is 1.47. The molecule has 1 aliphatic rings. The summed E-state index contributed by atoms with van der Waals surface area (Å²) in [7, 11) is 3.00. The number of allylic oxidation sites excluding steroid dienone is 1. The first-order valence-corrected chi connectivity index (χ1v) is 14.4. The first kappa shape index (κ1) is 30.4. The maximum Gasteiger partial charge on any atom is 0.338 e. The normalized spacial score (nSPS) is 14.5. The molecule has 0 saturated heterocycles. The van der Waals surface area contributed by atoms with Crippen LogP contribution in [0.15, 0.2) is 93.9 Å². The molecule has 0 amide bonds. The summed E-state index contributed by atoms with van der Waals surface area (Å²) in [5.41, 5.74) is 1.75. The number of thiazole rings is 1. The number of carbonyl (C=O) groups is 1. The summed E-state index contributed by atoms with van der Waals surface area (Å²) in [4.78, 5) is 43.4. The van der Waals surface area contributed by atoms with Gasteiger partial charge in [-0.15, -0.1) is 0 Å². The molecule has 0 spiro atoms. The van der Waals surface area contributed by atoms with Crippen LogP contribution in [0.25, 0.3) is 6.08 Å². The first-order valence-electron chi connectivity index (χ1n) is 13.6. The average Bonchev–Trinajstić information content (AvgIpc) is 3.33. The minimum absolute atomic E-state index is 0.0104. The number of fused-ring (bicyclic) bond motifs is 1. The van der Waals surface area contributed by atoms with Crippen molar-refractivity contribution in [3.05, 3.63) is 131 Å². The lowest BCUT2D eigenvalue weighted by Gasteiger charge is -2.25. The highest BCUT2D eigenvalue weighted by atomic mass is 32.1. The zero-order valence-corrected chi connectivity index (χ0v) is 25.0. The number of esters is 1. The minimum atomic E-state index is -0.925. The van der Waals surface area contributed by atoms with Crippen LogP contribution < -0.4 is 24.4 Å². The van der Waals surface area contributed by atoms with E-state index < -0.39 is 22.5 Å². The molecule has 44 heavy (non-hydrogen) atoms. The van der Waals surface area contributed by atoms with Gasteiger partial charge in [0.05, 0.1) is 46.0 Å². The zero-order chi connectivity index (χ0) is 31.2. The van der Waals surface area contributed by atoms with Crippen molar-refractivity contribution >= 4 is 29.1 Å². The van der Waals surface area contributed by atoms with Crippen molar-refractivity contribution in [3.8, 4) is 11.5 Å². The van der Waals surface area contributed by atoms with E-state index in [2.05, 4.69) is 4.99 Å². The van der Waals surface area contributed by atoms with Crippen molar-refractivity contribution in [1.29, 1.82) is 0 Å². The van der Waals surface area contributed by atoms with Crippen molar-refractivity contribution in [2.45, 2.75) is 19.6 Å². The van der Waals surface area contributed by atoms with Crippen LogP contribution in [0.3, 0.4) is 0 Å². The van der Waals surface area contributed by atoms with Crippen molar-refractivity contribution < 1.29 is 28.7 Å². The fourth-order valence-electron chi connectivity index (χ4n) is 4.82. The lowest BCUT2D eigenvalue weighted by Crippen LogP contribution is -2.40. The number of benzene rings is 3. The van der Waals surface area contributed by atoms with Crippen LogP contribution in [-0.2, 0) is 20.9 Å². The third-order valence-corrected chi connectivity index (χ3v) is 7.91. The molecule has 5 rings (SSSR count). The molecular weight excluding hydrogens is 586 g/mol. The molecule has 0 saturated carbocycles. The number of methoxy groups -OCH3 is 2. The van der Waals surface area contributed by atoms with E-state index in [-0.39, 0.29) is 34.6 Å². The number of rotatable bonds is 11. The van der Waals surface area contributed by atoms with Gasteiger partial charge in [0.15, 0.2) is 16.3 Å². The van der Waals surface area contributed by atoms with Crippen molar-refractivity contribution in [2.24, 2.45) is 4.99 Å². The lowest BCUT2D eigenvalue weighted by atomic mass is 9.95.